The van der Waals surface area contributed by atoms with E-state index in [1.54, 1.807) is 18.4 Å². The Morgan fingerprint density at radius 1 is 1.44 bits per heavy atom. The lowest BCUT2D eigenvalue weighted by atomic mass is 10.2. The summed E-state index contributed by atoms with van der Waals surface area (Å²) in [5.41, 5.74) is 2.04. The first-order valence-corrected chi connectivity index (χ1v) is 7.33. The van der Waals surface area contributed by atoms with Gasteiger partial charge in [-0.15, -0.1) is 11.3 Å². The summed E-state index contributed by atoms with van der Waals surface area (Å²) in [6, 6.07) is 7.90. The van der Waals surface area contributed by atoms with Gasteiger partial charge in [-0.1, -0.05) is 28.1 Å². The molecule has 1 aromatic heterocycles. The molecule has 0 fully saturated rings. The second-order valence-electron chi connectivity index (χ2n) is 3.10. The molecule has 1 aromatic carbocycles. The molecule has 0 amide bonds. The zero-order chi connectivity index (χ0) is 11.5. The Morgan fingerprint density at radius 3 is 2.88 bits per heavy atom. The predicted octanol–water partition coefficient (Wildman–Crippen LogP) is 4.48. The number of ether oxygens (including phenoxy) is 1. The van der Waals surface area contributed by atoms with Gasteiger partial charge < -0.3 is 4.74 Å². The van der Waals surface area contributed by atoms with E-state index < -0.39 is 0 Å². The molecule has 0 unspecified atom stereocenters. The molecule has 2 nitrogen and oxygen atoms in total. The second kappa shape index (κ2) is 5.29. The standard InChI is InChI=1S/C11H9Br2NOS/c1-15-8-4-2-3-7(5-8)10-11(13)16-9(6-12)14-10/h2-5H,6H2,1H3. The third-order valence-corrected chi connectivity index (χ3v) is 4.69. The lowest BCUT2D eigenvalue weighted by molar-refractivity contribution is 0.415. The molecule has 0 atom stereocenters. The normalized spacial score (nSPS) is 10.4. The highest BCUT2D eigenvalue weighted by atomic mass is 79.9. The number of benzene rings is 1. The van der Waals surface area contributed by atoms with E-state index >= 15 is 0 Å². The smallest absolute Gasteiger partial charge is 0.119 e. The topological polar surface area (TPSA) is 22.1 Å². The third kappa shape index (κ3) is 2.47. The summed E-state index contributed by atoms with van der Waals surface area (Å²) in [7, 11) is 1.67. The van der Waals surface area contributed by atoms with E-state index in [9.17, 15) is 0 Å². The number of thiazole rings is 1. The Hall–Kier alpha value is -0.390. The summed E-state index contributed by atoms with van der Waals surface area (Å²) in [5.74, 6) is 0.845. The van der Waals surface area contributed by atoms with Crippen LogP contribution in [0.3, 0.4) is 0 Å². The van der Waals surface area contributed by atoms with Crippen molar-refractivity contribution in [3.05, 3.63) is 33.1 Å². The van der Waals surface area contributed by atoms with Crippen LogP contribution in [0, 0.1) is 0 Å². The van der Waals surface area contributed by atoms with Gasteiger partial charge in [0.1, 0.15) is 10.8 Å². The number of methoxy groups -OCH3 is 1. The van der Waals surface area contributed by atoms with Crippen molar-refractivity contribution < 1.29 is 4.74 Å². The SMILES string of the molecule is COc1cccc(-c2nc(CBr)sc2Br)c1. The summed E-state index contributed by atoms with van der Waals surface area (Å²) in [4.78, 5) is 4.54. The molecular weight excluding hydrogens is 354 g/mol. The lowest BCUT2D eigenvalue weighted by Gasteiger charge is -2.02. The van der Waals surface area contributed by atoms with Gasteiger partial charge in [-0.25, -0.2) is 4.98 Å². The molecule has 0 saturated heterocycles. The Bertz CT molecular complexity index is 498. The quantitative estimate of drug-likeness (QED) is 0.751. The molecule has 0 radical (unpaired) electrons. The van der Waals surface area contributed by atoms with Crippen molar-refractivity contribution in [2.24, 2.45) is 0 Å². The summed E-state index contributed by atoms with van der Waals surface area (Å²) in [5, 5.41) is 1.84. The van der Waals surface area contributed by atoms with Crippen LogP contribution >= 0.6 is 43.2 Å². The maximum absolute atomic E-state index is 5.20. The maximum Gasteiger partial charge on any atom is 0.119 e. The Labute approximate surface area is 115 Å². The molecule has 5 heteroatoms. The van der Waals surface area contributed by atoms with Crippen molar-refractivity contribution in [2.45, 2.75) is 5.33 Å². The zero-order valence-corrected chi connectivity index (χ0v) is 12.5. The van der Waals surface area contributed by atoms with Crippen LogP contribution in [-0.2, 0) is 5.33 Å². The summed E-state index contributed by atoms with van der Waals surface area (Å²) < 4.78 is 6.25. The monoisotopic (exact) mass is 361 g/mol. The fraction of sp³-hybridized carbons (Fsp3) is 0.182. The van der Waals surface area contributed by atoms with Crippen LogP contribution in [0.25, 0.3) is 11.3 Å². The van der Waals surface area contributed by atoms with Crippen molar-refractivity contribution in [3.63, 3.8) is 0 Å². The van der Waals surface area contributed by atoms with E-state index in [-0.39, 0.29) is 0 Å². The van der Waals surface area contributed by atoms with Gasteiger partial charge >= 0.3 is 0 Å². The van der Waals surface area contributed by atoms with Crippen molar-refractivity contribution in [1.82, 2.24) is 4.98 Å². The van der Waals surface area contributed by atoms with Crippen LogP contribution in [0.5, 0.6) is 5.75 Å². The number of halogens is 2. The van der Waals surface area contributed by atoms with Crippen LogP contribution in [0.4, 0.5) is 0 Å². The molecule has 0 spiro atoms. The third-order valence-electron chi connectivity index (χ3n) is 2.09. The van der Waals surface area contributed by atoms with Crippen molar-refractivity contribution in [1.29, 1.82) is 0 Å². The summed E-state index contributed by atoms with van der Waals surface area (Å²) in [6.45, 7) is 0. The molecule has 84 valence electrons. The first-order valence-electron chi connectivity index (χ1n) is 4.60. The molecule has 2 rings (SSSR count). The minimum atomic E-state index is 0.778. The number of hydrogen-bond donors (Lipinski definition) is 0. The van der Waals surface area contributed by atoms with E-state index in [0.717, 1.165) is 31.1 Å². The Balaban J connectivity index is 2.45. The number of alkyl halides is 1. The summed E-state index contributed by atoms with van der Waals surface area (Å²) in [6.07, 6.45) is 0. The first-order chi connectivity index (χ1) is 7.74. The minimum Gasteiger partial charge on any atom is -0.497 e. The summed E-state index contributed by atoms with van der Waals surface area (Å²) >= 11 is 8.58. The molecular formula is C11H9Br2NOS. The van der Waals surface area contributed by atoms with Gasteiger partial charge in [0.2, 0.25) is 0 Å². The number of hydrogen-bond acceptors (Lipinski definition) is 3. The van der Waals surface area contributed by atoms with Crippen molar-refractivity contribution >= 4 is 43.2 Å². The highest BCUT2D eigenvalue weighted by Gasteiger charge is 2.10. The van der Waals surface area contributed by atoms with Gasteiger partial charge in [0.25, 0.3) is 0 Å². The lowest BCUT2D eigenvalue weighted by Crippen LogP contribution is -1.84. The zero-order valence-electron chi connectivity index (χ0n) is 8.54. The maximum atomic E-state index is 5.20. The van der Waals surface area contributed by atoms with Gasteiger partial charge in [-0.3, -0.25) is 0 Å². The molecule has 2 aromatic rings. The van der Waals surface area contributed by atoms with Gasteiger partial charge in [-0.05, 0) is 28.1 Å². The van der Waals surface area contributed by atoms with Crippen LogP contribution in [-0.4, -0.2) is 12.1 Å². The first kappa shape index (κ1) is 12.1. The molecule has 0 aliphatic carbocycles. The van der Waals surface area contributed by atoms with E-state index in [4.69, 9.17) is 4.74 Å². The van der Waals surface area contributed by atoms with Crippen molar-refractivity contribution in [3.8, 4) is 17.0 Å². The van der Waals surface area contributed by atoms with Gasteiger partial charge in [0.15, 0.2) is 0 Å². The molecule has 0 bridgehead atoms. The van der Waals surface area contributed by atoms with Gasteiger partial charge in [-0.2, -0.15) is 0 Å². The largest absolute Gasteiger partial charge is 0.497 e. The van der Waals surface area contributed by atoms with Gasteiger partial charge in [0.05, 0.1) is 21.9 Å². The molecule has 16 heavy (non-hydrogen) atoms. The molecule has 0 aliphatic rings. The Morgan fingerprint density at radius 2 is 2.25 bits per heavy atom. The van der Waals surface area contributed by atoms with Crippen LogP contribution in [0.1, 0.15) is 5.01 Å². The van der Waals surface area contributed by atoms with E-state index in [2.05, 4.69) is 36.8 Å². The second-order valence-corrected chi connectivity index (χ2v) is 6.06. The fourth-order valence-electron chi connectivity index (χ4n) is 1.35. The number of rotatable bonds is 3. The molecule has 0 aliphatic heterocycles. The van der Waals surface area contributed by atoms with Crippen LogP contribution in [0.2, 0.25) is 0 Å². The highest BCUT2D eigenvalue weighted by molar-refractivity contribution is 9.11. The number of nitrogens with zero attached hydrogens (tertiary/aromatic N) is 1. The van der Waals surface area contributed by atoms with Crippen LogP contribution in [0.15, 0.2) is 28.1 Å². The molecule has 0 saturated carbocycles. The highest BCUT2D eigenvalue weighted by Crippen LogP contribution is 2.34. The van der Waals surface area contributed by atoms with E-state index in [0.29, 0.717) is 0 Å². The molecule has 1 heterocycles. The fourth-order valence-corrected chi connectivity index (χ4v) is 3.35. The predicted molar refractivity (Wildman–Crippen MR) is 74.4 cm³/mol. The van der Waals surface area contributed by atoms with E-state index in [1.165, 1.54) is 0 Å². The van der Waals surface area contributed by atoms with Crippen molar-refractivity contribution in [2.75, 3.05) is 7.11 Å². The number of aromatic nitrogens is 1. The average Bonchev–Trinajstić information content (AvgIpc) is 2.71. The van der Waals surface area contributed by atoms with Crippen LogP contribution < -0.4 is 4.74 Å². The van der Waals surface area contributed by atoms with E-state index in [1.807, 2.05) is 24.3 Å². The van der Waals surface area contributed by atoms with Gasteiger partial charge in [0, 0.05) is 5.56 Å². The average molecular weight is 363 g/mol. The molecule has 0 N–H and O–H groups in total. The Kier molecular flexibility index (Phi) is 4.00. The minimum absolute atomic E-state index is 0.778.